The Bertz CT molecular complexity index is 714. The summed E-state index contributed by atoms with van der Waals surface area (Å²) < 4.78 is 5.07. The van der Waals surface area contributed by atoms with E-state index in [2.05, 4.69) is 6.92 Å². The van der Waals surface area contributed by atoms with Crippen molar-refractivity contribution in [3.63, 3.8) is 0 Å². The first-order valence-electron chi connectivity index (χ1n) is 7.34. The zero-order chi connectivity index (χ0) is 16.7. The van der Waals surface area contributed by atoms with Crippen LogP contribution >= 0.6 is 0 Å². The van der Waals surface area contributed by atoms with Gasteiger partial charge in [-0.05, 0) is 35.8 Å². The van der Waals surface area contributed by atoms with Gasteiger partial charge in [0.05, 0.1) is 0 Å². The highest BCUT2D eigenvalue weighted by atomic mass is 16.5. The van der Waals surface area contributed by atoms with E-state index in [1.165, 1.54) is 17.7 Å². The number of hydrogen-bond acceptors (Lipinski definition) is 3. The van der Waals surface area contributed by atoms with E-state index in [9.17, 15) is 9.59 Å². The first-order valence-corrected chi connectivity index (χ1v) is 7.34. The van der Waals surface area contributed by atoms with Crippen LogP contribution in [-0.2, 0) is 11.2 Å². The fourth-order valence-corrected chi connectivity index (χ4v) is 2.02. The number of carbonyl (C=O) groups is 2. The molecule has 0 saturated heterocycles. The number of ether oxygens (including phenoxy) is 1. The molecule has 2 aromatic rings. The van der Waals surface area contributed by atoms with Crippen LogP contribution in [0.1, 0.15) is 28.4 Å². The Morgan fingerprint density at radius 3 is 2.52 bits per heavy atom. The van der Waals surface area contributed by atoms with Crippen LogP contribution in [0.4, 0.5) is 0 Å². The number of carboxylic acid groups (broad SMARTS) is 1. The number of benzene rings is 2. The number of carboxylic acids is 1. The van der Waals surface area contributed by atoms with Crippen LogP contribution in [0.5, 0.6) is 5.75 Å². The molecule has 4 nitrogen and oxygen atoms in total. The predicted octanol–water partition coefficient (Wildman–Crippen LogP) is 3.61. The lowest BCUT2D eigenvalue weighted by molar-refractivity contribution is -0.139. The van der Waals surface area contributed by atoms with Crippen molar-refractivity contribution in [1.82, 2.24) is 0 Å². The molecule has 0 aliphatic carbocycles. The van der Waals surface area contributed by atoms with E-state index in [1.54, 1.807) is 24.3 Å². The molecule has 23 heavy (non-hydrogen) atoms. The molecule has 0 radical (unpaired) electrons. The van der Waals surface area contributed by atoms with Crippen LogP contribution in [0.3, 0.4) is 0 Å². The number of allylic oxidation sites excluding steroid dienone is 1. The summed E-state index contributed by atoms with van der Waals surface area (Å²) in [5.41, 5.74) is 2.65. The Morgan fingerprint density at radius 2 is 1.87 bits per heavy atom. The van der Waals surface area contributed by atoms with Gasteiger partial charge in [0.25, 0.3) is 0 Å². The number of aliphatic carboxylic acids is 1. The summed E-state index contributed by atoms with van der Waals surface area (Å²) in [5.74, 6) is -0.860. The summed E-state index contributed by atoms with van der Waals surface area (Å²) in [5, 5.41) is 8.60. The third kappa shape index (κ3) is 5.11. The Balaban J connectivity index is 2.05. The highest BCUT2D eigenvalue weighted by molar-refractivity contribution is 6.07. The predicted molar refractivity (Wildman–Crippen MR) is 88.8 cm³/mol. The summed E-state index contributed by atoms with van der Waals surface area (Å²) in [6, 6.07) is 14.5. The molecule has 4 heteroatoms. The number of hydrogen-bond donors (Lipinski definition) is 1. The summed E-state index contributed by atoms with van der Waals surface area (Å²) in [6.07, 6.45) is 4.23. The molecule has 0 unspecified atom stereocenters. The quantitative estimate of drug-likeness (QED) is 0.627. The SMILES string of the molecule is CCc1ccc(/C=C/C(=O)c2cccc(OCC(=O)O)c2)cc1. The maximum atomic E-state index is 12.2. The summed E-state index contributed by atoms with van der Waals surface area (Å²) >= 11 is 0. The average molecular weight is 310 g/mol. The van der Waals surface area contributed by atoms with E-state index in [4.69, 9.17) is 9.84 Å². The van der Waals surface area contributed by atoms with Gasteiger partial charge in [0.15, 0.2) is 12.4 Å². The van der Waals surface area contributed by atoms with Gasteiger partial charge in [0.2, 0.25) is 0 Å². The zero-order valence-corrected chi connectivity index (χ0v) is 12.9. The average Bonchev–Trinajstić information content (AvgIpc) is 2.58. The van der Waals surface area contributed by atoms with Crippen molar-refractivity contribution in [2.75, 3.05) is 6.61 Å². The van der Waals surface area contributed by atoms with Crippen LogP contribution in [0.2, 0.25) is 0 Å². The summed E-state index contributed by atoms with van der Waals surface area (Å²) in [7, 11) is 0. The minimum absolute atomic E-state index is 0.162. The minimum atomic E-state index is -1.06. The Hall–Kier alpha value is -2.88. The van der Waals surface area contributed by atoms with Crippen molar-refractivity contribution in [1.29, 1.82) is 0 Å². The van der Waals surface area contributed by atoms with Gasteiger partial charge in [-0.25, -0.2) is 4.79 Å². The molecule has 118 valence electrons. The molecular weight excluding hydrogens is 292 g/mol. The largest absolute Gasteiger partial charge is 0.482 e. The molecule has 0 heterocycles. The molecule has 0 aliphatic heterocycles. The molecule has 0 fully saturated rings. The van der Waals surface area contributed by atoms with Gasteiger partial charge in [0.1, 0.15) is 5.75 Å². The molecule has 0 aromatic heterocycles. The molecule has 0 saturated carbocycles. The Labute approximate surface area is 135 Å². The molecule has 0 aliphatic rings. The number of rotatable bonds is 7. The smallest absolute Gasteiger partial charge is 0.341 e. The van der Waals surface area contributed by atoms with Crippen molar-refractivity contribution < 1.29 is 19.4 Å². The second-order valence-electron chi connectivity index (χ2n) is 5.00. The van der Waals surface area contributed by atoms with E-state index in [0.717, 1.165) is 12.0 Å². The van der Waals surface area contributed by atoms with E-state index < -0.39 is 12.6 Å². The normalized spacial score (nSPS) is 10.7. The van der Waals surface area contributed by atoms with Gasteiger partial charge in [0, 0.05) is 5.56 Å². The fourth-order valence-electron chi connectivity index (χ4n) is 2.02. The van der Waals surface area contributed by atoms with Gasteiger partial charge >= 0.3 is 5.97 Å². The van der Waals surface area contributed by atoms with Crippen molar-refractivity contribution in [3.05, 3.63) is 71.3 Å². The topological polar surface area (TPSA) is 63.6 Å². The number of carbonyl (C=O) groups excluding carboxylic acids is 1. The van der Waals surface area contributed by atoms with E-state index >= 15 is 0 Å². The highest BCUT2D eigenvalue weighted by Crippen LogP contribution is 2.15. The lowest BCUT2D eigenvalue weighted by atomic mass is 10.1. The van der Waals surface area contributed by atoms with Crippen LogP contribution in [0, 0.1) is 0 Å². The Kier molecular flexibility index (Phi) is 5.69. The highest BCUT2D eigenvalue weighted by Gasteiger charge is 2.05. The van der Waals surface area contributed by atoms with Crippen LogP contribution in [-0.4, -0.2) is 23.5 Å². The lowest BCUT2D eigenvalue weighted by Crippen LogP contribution is -2.09. The molecule has 0 spiro atoms. The molecule has 0 atom stereocenters. The molecule has 2 aromatic carbocycles. The first kappa shape index (κ1) is 16.5. The number of ketones is 1. The molecular formula is C19H18O4. The third-order valence-corrected chi connectivity index (χ3v) is 3.30. The minimum Gasteiger partial charge on any atom is -0.482 e. The molecule has 2 rings (SSSR count). The van der Waals surface area contributed by atoms with Gasteiger partial charge in [-0.15, -0.1) is 0 Å². The van der Waals surface area contributed by atoms with Crippen molar-refractivity contribution in [2.24, 2.45) is 0 Å². The number of aryl methyl sites for hydroxylation is 1. The monoisotopic (exact) mass is 310 g/mol. The van der Waals surface area contributed by atoms with Gasteiger partial charge < -0.3 is 9.84 Å². The second-order valence-corrected chi connectivity index (χ2v) is 5.00. The van der Waals surface area contributed by atoms with Gasteiger partial charge in [-0.2, -0.15) is 0 Å². The standard InChI is InChI=1S/C19H18O4/c1-2-14-6-8-15(9-7-14)10-11-18(20)16-4-3-5-17(12-16)23-13-19(21)22/h3-12H,2,13H2,1H3,(H,21,22)/b11-10+. The maximum absolute atomic E-state index is 12.2. The molecule has 0 bridgehead atoms. The van der Waals surface area contributed by atoms with Crippen molar-refractivity contribution in [3.8, 4) is 5.75 Å². The fraction of sp³-hybridized carbons (Fsp3) is 0.158. The maximum Gasteiger partial charge on any atom is 0.341 e. The van der Waals surface area contributed by atoms with Crippen LogP contribution in [0.25, 0.3) is 6.08 Å². The van der Waals surface area contributed by atoms with Gasteiger partial charge in [-0.3, -0.25) is 4.79 Å². The van der Waals surface area contributed by atoms with E-state index in [1.807, 2.05) is 24.3 Å². The van der Waals surface area contributed by atoms with Crippen LogP contribution < -0.4 is 4.74 Å². The molecule has 1 N–H and O–H groups in total. The Morgan fingerprint density at radius 1 is 1.13 bits per heavy atom. The van der Waals surface area contributed by atoms with E-state index in [-0.39, 0.29) is 5.78 Å². The molecule has 0 amide bonds. The van der Waals surface area contributed by atoms with Crippen LogP contribution in [0.15, 0.2) is 54.6 Å². The van der Waals surface area contributed by atoms with E-state index in [0.29, 0.717) is 11.3 Å². The second kappa shape index (κ2) is 7.94. The van der Waals surface area contributed by atoms with Crippen molar-refractivity contribution >= 4 is 17.8 Å². The summed E-state index contributed by atoms with van der Waals surface area (Å²) in [4.78, 5) is 22.7. The summed E-state index contributed by atoms with van der Waals surface area (Å²) in [6.45, 7) is 1.66. The lowest BCUT2D eigenvalue weighted by Gasteiger charge is -2.04. The third-order valence-electron chi connectivity index (χ3n) is 3.30. The van der Waals surface area contributed by atoms with Crippen molar-refractivity contribution in [2.45, 2.75) is 13.3 Å². The van der Waals surface area contributed by atoms with Gasteiger partial charge in [-0.1, -0.05) is 49.4 Å². The zero-order valence-electron chi connectivity index (χ0n) is 12.9. The first-order chi connectivity index (χ1) is 11.1.